The maximum absolute atomic E-state index is 5.90. The number of para-hydroxylation sites is 1. The van der Waals surface area contributed by atoms with Crippen LogP contribution in [0, 0.1) is 0 Å². The van der Waals surface area contributed by atoms with E-state index in [-0.39, 0.29) is 0 Å². The van der Waals surface area contributed by atoms with Gasteiger partial charge in [-0.25, -0.2) is 0 Å². The minimum absolute atomic E-state index is 0.474. The lowest BCUT2D eigenvalue weighted by atomic mass is 9.86. The number of hydrogen-bond acceptors (Lipinski definition) is 1. The molecule has 3 rings (SSSR count). The molecule has 2 aliphatic rings. The van der Waals surface area contributed by atoms with Crippen molar-refractivity contribution < 1.29 is 4.74 Å². The lowest BCUT2D eigenvalue weighted by molar-refractivity contribution is 0.397. The van der Waals surface area contributed by atoms with Gasteiger partial charge in [-0.3, -0.25) is 0 Å². The number of benzene rings is 1. The fourth-order valence-corrected chi connectivity index (χ4v) is 2.38. The van der Waals surface area contributed by atoms with Gasteiger partial charge in [-0.1, -0.05) is 31.2 Å². The van der Waals surface area contributed by atoms with Crippen LogP contribution in [-0.2, 0) is 0 Å². The summed E-state index contributed by atoms with van der Waals surface area (Å²) in [7, 11) is 0. The highest BCUT2D eigenvalue weighted by Gasteiger charge is 2.26. The van der Waals surface area contributed by atoms with Crippen LogP contribution in [0.3, 0.4) is 0 Å². The molecule has 0 amide bonds. The second-order valence-corrected chi connectivity index (χ2v) is 4.17. The number of rotatable bonds is 0. The molecule has 0 N–H and O–H groups in total. The van der Waals surface area contributed by atoms with Crippen molar-refractivity contribution in [3.05, 3.63) is 53.3 Å². The monoisotopic (exact) mass is 198 g/mol. The van der Waals surface area contributed by atoms with Gasteiger partial charge in [0.05, 0.1) is 0 Å². The first-order valence-electron chi connectivity index (χ1n) is 5.53. The maximum atomic E-state index is 5.90. The van der Waals surface area contributed by atoms with Crippen LogP contribution in [0.1, 0.15) is 31.2 Å². The van der Waals surface area contributed by atoms with Gasteiger partial charge in [-0.05, 0) is 30.6 Å². The molecule has 15 heavy (non-hydrogen) atoms. The molecular weight excluding hydrogens is 184 g/mol. The van der Waals surface area contributed by atoms with E-state index in [2.05, 4.69) is 37.3 Å². The van der Waals surface area contributed by atoms with Gasteiger partial charge in [0.15, 0.2) is 0 Å². The van der Waals surface area contributed by atoms with E-state index in [0.717, 1.165) is 24.4 Å². The summed E-state index contributed by atoms with van der Waals surface area (Å²) in [5, 5.41) is 0. The molecule has 1 aliphatic heterocycles. The minimum atomic E-state index is 0.474. The van der Waals surface area contributed by atoms with Crippen molar-refractivity contribution in [1.82, 2.24) is 0 Å². The molecule has 1 nitrogen and oxygen atoms in total. The number of fused-ring (bicyclic) bond motifs is 2. The zero-order valence-electron chi connectivity index (χ0n) is 8.86. The topological polar surface area (TPSA) is 9.23 Å². The van der Waals surface area contributed by atoms with E-state index in [1.807, 2.05) is 6.07 Å². The highest BCUT2D eigenvalue weighted by molar-refractivity contribution is 5.51. The van der Waals surface area contributed by atoms with Crippen LogP contribution in [0.2, 0.25) is 0 Å². The van der Waals surface area contributed by atoms with E-state index >= 15 is 0 Å². The molecule has 1 atom stereocenters. The molecule has 76 valence electrons. The minimum Gasteiger partial charge on any atom is -0.457 e. The van der Waals surface area contributed by atoms with Crippen LogP contribution in [0.5, 0.6) is 5.75 Å². The first-order valence-corrected chi connectivity index (χ1v) is 5.53. The van der Waals surface area contributed by atoms with Crippen molar-refractivity contribution in [3.8, 4) is 5.75 Å². The van der Waals surface area contributed by atoms with Crippen LogP contribution in [-0.4, -0.2) is 0 Å². The van der Waals surface area contributed by atoms with Crippen molar-refractivity contribution in [2.24, 2.45) is 0 Å². The first-order chi connectivity index (χ1) is 7.36. The van der Waals surface area contributed by atoms with Gasteiger partial charge in [-0.15, -0.1) is 0 Å². The zero-order valence-corrected chi connectivity index (χ0v) is 8.86. The molecular formula is C14H14O. The summed E-state index contributed by atoms with van der Waals surface area (Å²) < 4.78 is 5.90. The standard InChI is InChI=1S/C14H14O/c1-10-11-6-2-4-8-13(11)15-14-9-5-3-7-12(10)14/h2,4,6-10H,3,5H2,1H3. The van der Waals surface area contributed by atoms with Crippen LogP contribution in [0.15, 0.2) is 47.7 Å². The highest BCUT2D eigenvalue weighted by atomic mass is 16.5. The van der Waals surface area contributed by atoms with Crippen LogP contribution >= 0.6 is 0 Å². The summed E-state index contributed by atoms with van der Waals surface area (Å²) >= 11 is 0. The molecule has 1 aromatic rings. The Labute approximate surface area is 90.1 Å². The second-order valence-electron chi connectivity index (χ2n) is 4.17. The molecule has 0 fully saturated rings. The maximum Gasteiger partial charge on any atom is 0.131 e. The molecule has 1 aliphatic carbocycles. The molecule has 0 bridgehead atoms. The molecule has 0 aromatic heterocycles. The van der Waals surface area contributed by atoms with E-state index < -0.39 is 0 Å². The Balaban J connectivity index is 2.14. The normalized spacial score (nSPS) is 23.1. The lowest BCUT2D eigenvalue weighted by Gasteiger charge is -2.29. The fourth-order valence-electron chi connectivity index (χ4n) is 2.38. The Morgan fingerprint density at radius 1 is 1.13 bits per heavy atom. The summed E-state index contributed by atoms with van der Waals surface area (Å²) in [5.74, 6) is 2.57. The van der Waals surface area contributed by atoms with Gasteiger partial charge in [0.2, 0.25) is 0 Å². The van der Waals surface area contributed by atoms with Crippen molar-refractivity contribution in [1.29, 1.82) is 0 Å². The summed E-state index contributed by atoms with van der Waals surface area (Å²) in [4.78, 5) is 0. The SMILES string of the molecule is CC1C2=CCCC=C2Oc2ccccc21. The highest BCUT2D eigenvalue weighted by Crippen LogP contribution is 2.42. The fraction of sp³-hybridized carbons (Fsp3) is 0.286. The van der Waals surface area contributed by atoms with E-state index in [9.17, 15) is 0 Å². The summed E-state index contributed by atoms with van der Waals surface area (Å²) in [6, 6.07) is 8.32. The van der Waals surface area contributed by atoms with E-state index in [0.29, 0.717) is 5.92 Å². The third-order valence-electron chi connectivity index (χ3n) is 3.22. The molecule has 0 spiro atoms. The first kappa shape index (κ1) is 8.78. The average molecular weight is 198 g/mol. The lowest BCUT2D eigenvalue weighted by Crippen LogP contribution is -2.15. The number of ether oxygens (including phenoxy) is 1. The Morgan fingerprint density at radius 2 is 1.93 bits per heavy atom. The molecule has 0 saturated carbocycles. The van der Waals surface area contributed by atoms with Gasteiger partial charge < -0.3 is 4.74 Å². The predicted octanol–water partition coefficient (Wildman–Crippen LogP) is 3.79. The average Bonchev–Trinajstić information content (AvgIpc) is 2.30. The van der Waals surface area contributed by atoms with Crippen molar-refractivity contribution in [3.63, 3.8) is 0 Å². The largest absolute Gasteiger partial charge is 0.457 e. The Morgan fingerprint density at radius 3 is 2.87 bits per heavy atom. The van der Waals surface area contributed by atoms with Crippen molar-refractivity contribution in [2.45, 2.75) is 25.7 Å². The van der Waals surface area contributed by atoms with Crippen LogP contribution < -0.4 is 4.74 Å². The third kappa shape index (κ3) is 1.30. The molecule has 0 saturated heterocycles. The van der Waals surface area contributed by atoms with Gasteiger partial charge in [-0.2, -0.15) is 0 Å². The Bertz CT molecular complexity index is 454. The van der Waals surface area contributed by atoms with Crippen LogP contribution in [0.4, 0.5) is 0 Å². The summed E-state index contributed by atoms with van der Waals surface area (Å²) in [6.07, 6.45) is 6.78. The molecule has 1 heterocycles. The molecule has 1 unspecified atom stereocenters. The second kappa shape index (κ2) is 3.27. The smallest absolute Gasteiger partial charge is 0.131 e. The van der Waals surface area contributed by atoms with Gasteiger partial charge in [0.25, 0.3) is 0 Å². The third-order valence-corrected chi connectivity index (χ3v) is 3.22. The molecule has 1 heteroatoms. The summed E-state index contributed by atoms with van der Waals surface area (Å²) in [6.45, 7) is 2.26. The van der Waals surface area contributed by atoms with Crippen LogP contribution in [0.25, 0.3) is 0 Å². The van der Waals surface area contributed by atoms with E-state index in [1.54, 1.807) is 0 Å². The van der Waals surface area contributed by atoms with E-state index in [4.69, 9.17) is 4.74 Å². The van der Waals surface area contributed by atoms with Gasteiger partial charge in [0.1, 0.15) is 11.5 Å². The molecule has 0 radical (unpaired) electrons. The number of allylic oxidation sites excluding steroid dienone is 3. The Kier molecular flexibility index (Phi) is 1.91. The Hall–Kier alpha value is -1.50. The van der Waals surface area contributed by atoms with Gasteiger partial charge in [0, 0.05) is 11.5 Å². The van der Waals surface area contributed by atoms with Crippen molar-refractivity contribution >= 4 is 0 Å². The van der Waals surface area contributed by atoms with Crippen molar-refractivity contribution in [2.75, 3.05) is 0 Å². The zero-order chi connectivity index (χ0) is 10.3. The molecule has 1 aromatic carbocycles. The van der Waals surface area contributed by atoms with Gasteiger partial charge >= 0.3 is 0 Å². The number of hydrogen-bond donors (Lipinski definition) is 0. The quantitative estimate of drug-likeness (QED) is 0.616. The summed E-state index contributed by atoms with van der Waals surface area (Å²) in [5.41, 5.74) is 2.67. The predicted molar refractivity (Wildman–Crippen MR) is 60.9 cm³/mol. The van der Waals surface area contributed by atoms with E-state index in [1.165, 1.54) is 11.1 Å².